The van der Waals surface area contributed by atoms with Crippen molar-refractivity contribution in [3.05, 3.63) is 59.7 Å². The van der Waals surface area contributed by atoms with Gasteiger partial charge in [0.05, 0.1) is 36.4 Å². The molecule has 1 N–H and O–H groups in total. The highest BCUT2D eigenvalue weighted by Gasteiger charge is 2.30. The van der Waals surface area contributed by atoms with Gasteiger partial charge in [-0.15, -0.1) is 0 Å². The van der Waals surface area contributed by atoms with Gasteiger partial charge in [-0.3, -0.25) is 13.9 Å². The Morgan fingerprint density at radius 2 is 1.77 bits per heavy atom. The second-order valence-corrected chi connectivity index (χ2v) is 9.37. The van der Waals surface area contributed by atoms with Crippen LogP contribution in [0, 0.1) is 6.92 Å². The van der Waals surface area contributed by atoms with E-state index in [1.807, 2.05) is 13.0 Å². The molecule has 31 heavy (non-hydrogen) atoms. The van der Waals surface area contributed by atoms with E-state index in [-0.39, 0.29) is 5.91 Å². The summed E-state index contributed by atoms with van der Waals surface area (Å²) in [7, 11) is -3.73. The average Bonchev–Trinajstić information content (AvgIpc) is 2.73. The Balaban J connectivity index is 1.85. The molecule has 0 radical (unpaired) electrons. The van der Waals surface area contributed by atoms with E-state index in [4.69, 9.17) is 4.74 Å². The van der Waals surface area contributed by atoms with Gasteiger partial charge in [0.15, 0.2) is 0 Å². The van der Waals surface area contributed by atoms with Gasteiger partial charge in [0.2, 0.25) is 15.9 Å². The lowest BCUT2D eigenvalue weighted by molar-refractivity contribution is -0.116. The number of carbonyl (C=O) groups is 2. The van der Waals surface area contributed by atoms with E-state index in [1.165, 1.54) is 6.92 Å². The maximum absolute atomic E-state index is 13.0. The summed E-state index contributed by atoms with van der Waals surface area (Å²) < 4.78 is 31.4. The number of nitrogens with zero attached hydrogens (tertiary/aromatic N) is 2. The number of hydrogen-bond acceptors (Lipinski definition) is 5. The van der Waals surface area contributed by atoms with Crippen molar-refractivity contribution < 1.29 is 22.7 Å². The van der Waals surface area contributed by atoms with Crippen molar-refractivity contribution in [2.45, 2.75) is 19.9 Å². The molecule has 166 valence electrons. The third kappa shape index (κ3) is 5.42. The molecule has 1 aliphatic heterocycles. The molecule has 3 rings (SSSR count). The van der Waals surface area contributed by atoms with E-state index in [1.54, 1.807) is 47.4 Å². The van der Waals surface area contributed by atoms with Gasteiger partial charge in [-0.1, -0.05) is 24.3 Å². The van der Waals surface area contributed by atoms with E-state index >= 15 is 0 Å². The molecule has 9 heteroatoms. The van der Waals surface area contributed by atoms with E-state index in [9.17, 15) is 18.0 Å². The SMILES string of the molecule is Cc1cccc(N([C@@H](C)C(=O)Nc2ccccc2C(=O)N2CCOCC2)S(C)(=O)=O)c1. The van der Waals surface area contributed by atoms with Crippen LogP contribution >= 0.6 is 0 Å². The lowest BCUT2D eigenvalue weighted by atomic mass is 10.1. The Kier molecular flexibility index (Phi) is 6.97. The van der Waals surface area contributed by atoms with Crippen LogP contribution in [0.3, 0.4) is 0 Å². The molecule has 0 bridgehead atoms. The van der Waals surface area contributed by atoms with Gasteiger partial charge in [-0.05, 0) is 43.7 Å². The molecule has 0 unspecified atom stereocenters. The first-order valence-corrected chi connectivity index (χ1v) is 11.9. The van der Waals surface area contributed by atoms with Crippen LogP contribution in [-0.4, -0.2) is 63.7 Å². The quantitative estimate of drug-likeness (QED) is 0.736. The highest BCUT2D eigenvalue weighted by atomic mass is 32.2. The number of nitrogens with one attached hydrogen (secondary N) is 1. The van der Waals surface area contributed by atoms with Gasteiger partial charge in [-0.25, -0.2) is 8.42 Å². The van der Waals surface area contributed by atoms with Crippen molar-refractivity contribution >= 4 is 33.2 Å². The highest BCUT2D eigenvalue weighted by Crippen LogP contribution is 2.24. The molecular weight excluding hydrogens is 418 g/mol. The van der Waals surface area contributed by atoms with E-state index in [2.05, 4.69) is 5.32 Å². The van der Waals surface area contributed by atoms with Crippen molar-refractivity contribution in [3.8, 4) is 0 Å². The van der Waals surface area contributed by atoms with Crippen molar-refractivity contribution in [3.63, 3.8) is 0 Å². The lowest BCUT2D eigenvalue weighted by Crippen LogP contribution is -2.45. The van der Waals surface area contributed by atoms with Crippen molar-refractivity contribution in [2.24, 2.45) is 0 Å². The van der Waals surface area contributed by atoms with E-state index in [0.29, 0.717) is 43.2 Å². The fourth-order valence-electron chi connectivity index (χ4n) is 3.53. The number of sulfonamides is 1. The second kappa shape index (κ2) is 9.49. The summed E-state index contributed by atoms with van der Waals surface area (Å²) in [4.78, 5) is 27.7. The molecule has 8 nitrogen and oxygen atoms in total. The smallest absolute Gasteiger partial charge is 0.256 e. The molecule has 2 aromatic rings. The molecule has 1 atom stereocenters. The lowest BCUT2D eigenvalue weighted by Gasteiger charge is -2.29. The van der Waals surface area contributed by atoms with Crippen LogP contribution in [0.25, 0.3) is 0 Å². The zero-order chi connectivity index (χ0) is 22.6. The minimum Gasteiger partial charge on any atom is -0.378 e. The van der Waals surface area contributed by atoms with Crippen molar-refractivity contribution in [1.82, 2.24) is 4.90 Å². The normalized spacial score (nSPS) is 15.3. The summed E-state index contributed by atoms with van der Waals surface area (Å²) in [5.74, 6) is -0.736. The van der Waals surface area contributed by atoms with E-state index in [0.717, 1.165) is 16.1 Å². The van der Waals surface area contributed by atoms with Crippen LogP contribution in [0.15, 0.2) is 48.5 Å². The maximum Gasteiger partial charge on any atom is 0.256 e. The molecule has 2 aromatic carbocycles. The van der Waals surface area contributed by atoms with Crippen molar-refractivity contribution in [1.29, 1.82) is 0 Å². The number of ether oxygens (including phenoxy) is 1. The Hall–Kier alpha value is -2.91. The predicted octanol–water partition coefficient (Wildman–Crippen LogP) is 2.26. The zero-order valence-corrected chi connectivity index (χ0v) is 18.7. The van der Waals surface area contributed by atoms with Crippen molar-refractivity contribution in [2.75, 3.05) is 42.2 Å². The van der Waals surface area contributed by atoms with E-state index < -0.39 is 22.0 Å². The Morgan fingerprint density at radius 1 is 1.10 bits per heavy atom. The van der Waals surface area contributed by atoms with Crippen LogP contribution in [0.5, 0.6) is 0 Å². The summed E-state index contributed by atoms with van der Waals surface area (Å²) >= 11 is 0. The van der Waals surface area contributed by atoms with Gasteiger partial charge >= 0.3 is 0 Å². The molecule has 0 spiro atoms. The topological polar surface area (TPSA) is 96.0 Å². The average molecular weight is 446 g/mol. The maximum atomic E-state index is 13.0. The van der Waals surface area contributed by atoms with Crippen LogP contribution in [-0.2, 0) is 19.6 Å². The molecule has 0 aromatic heterocycles. The number of aryl methyl sites for hydroxylation is 1. The minimum absolute atomic E-state index is 0.203. The standard InChI is InChI=1S/C22H27N3O5S/c1-16-7-6-8-18(15-16)25(31(3,28)29)17(2)21(26)23-20-10-5-4-9-19(20)22(27)24-11-13-30-14-12-24/h4-10,15,17H,11-14H2,1-3H3,(H,23,26)/t17-/m0/s1. The number of para-hydroxylation sites is 1. The number of rotatable bonds is 6. The molecule has 1 fully saturated rings. The Bertz CT molecular complexity index is 1060. The fraction of sp³-hybridized carbons (Fsp3) is 0.364. The number of amides is 2. The van der Waals surface area contributed by atoms with Crippen LogP contribution in [0.4, 0.5) is 11.4 Å². The summed E-state index contributed by atoms with van der Waals surface area (Å²) in [6, 6.07) is 12.6. The second-order valence-electron chi connectivity index (χ2n) is 7.51. The summed E-state index contributed by atoms with van der Waals surface area (Å²) in [6.45, 7) is 5.26. The fourth-order valence-corrected chi connectivity index (χ4v) is 4.69. The Morgan fingerprint density at radius 3 is 2.42 bits per heavy atom. The molecule has 0 saturated carbocycles. The minimum atomic E-state index is -3.73. The van der Waals surface area contributed by atoms with Crippen LogP contribution in [0.2, 0.25) is 0 Å². The molecule has 0 aliphatic carbocycles. The van der Waals surface area contributed by atoms with Gasteiger partial charge in [0.1, 0.15) is 6.04 Å². The number of benzene rings is 2. The molecule has 2 amide bonds. The number of morpholine rings is 1. The monoisotopic (exact) mass is 445 g/mol. The third-order valence-electron chi connectivity index (χ3n) is 5.06. The van der Waals surface area contributed by atoms with Gasteiger partial charge < -0.3 is 15.0 Å². The predicted molar refractivity (Wildman–Crippen MR) is 120 cm³/mol. The first-order chi connectivity index (χ1) is 14.7. The number of carbonyl (C=O) groups excluding carboxylic acids is 2. The summed E-state index contributed by atoms with van der Waals surface area (Å²) in [5, 5.41) is 2.74. The molecule has 1 heterocycles. The molecular formula is C22H27N3O5S. The highest BCUT2D eigenvalue weighted by molar-refractivity contribution is 7.92. The molecule has 1 aliphatic rings. The first-order valence-electron chi connectivity index (χ1n) is 10.0. The van der Waals surface area contributed by atoms with Crippen LogP contribution < -0.4 is 9.62 Å². The van der Waals surface area contributed by atoms with Gasteiger partial charge in [0.25, 0.3) is 5.91 Å². The van der Waals surface area contributed by atoms with Crippen LogP contribution in [0.1, 0.15) is 22.8 Å². The summed E-state index contributed by atoms with van der Waals surface area (Å²) in [5.41, 5.74) is 1.97. The largest absolute Gasteiger partial charge is 0.378 e. The number of hydrogen-bond donors (Lipinski definition) is 1. The zero-order valence-electron chi connectivity index (χ0n) is 17.9. The Labute approximate surface area is 182 Å². The molecule has 1 saturated heterocycles. The summed E-state index contributed by atoms with van der Waals surface area (Å²) in [6.07, 6.45) is 1.06. The third-order valence-corrected chi connectivity index (χ3v) is 6.30. The van der Waals surface area contributed by atoms with Gasteiger partial charge in [-0.2, -0.15) is 0 Å². The number of anilines is 2. The van der Waals surface area contributed by atoms with Gasteiger partial charge in [0, 0.05) is 13.1 Å². The first kappa shape index (κ1) is 22.8.